The van der Waals surface area contributed by atoms with E-state index >= 15 is 0 Å². The van der Waals surface area contributed by atoms with Gasteiger partial charge in [-0.1, -0.05) is 52.3 Å². The number of hydrogen-bond donors (Lipinski definition) is 2. The summed E-state index contributed by atoms with van der Waals surface area (Å²) in [6.45, 7) is 0.388. The molecule has 0 saturated heterocycles. The lowest BCUT2D eigenvalue weighted by molar-refractivity contribution is -0.136. The van der Waals surface area contributed by atoms with E-state index in [-0.39, 0.29) is 0 Å². The van der Waals surface area contributed by atoms with E-state index < -0.39 is 11.8 Å². The molecule has 3 aromatic carbocycles. The van der Waals surface area contributed by atoms with Crippen LogP contribution in [0.3, 0.4) is 0 Å². The number of hydrogen-bond acceptors (Lipinski definition) is 5. The van der Waals surface area contributed by atoms with Crippen LogP contribution in [-0.2, 0) is 16.2 Å². The van der Waals surface area contributed by atoms with Crippen molar-refractivity contribution >= 4 is 39.6 Å². The van der Waals surface area contributed by atoms with Crippen LogP contribution in [0.2, 0.25) is 0 Å². The van der Waals surface area contributed by atoms with Crippen LogP contribution in [0.5, 0.6) is 11.5 Å². The Balaban J connectivity index is 1.60. The zero-order chi connectivity index (χ0) is 22.1. The number of rotatable bonds is 7. The van der Waals surface area contributed by atoms with Crippen molar-refractivity contribution in [3.8, 4) is 11.5 Å². The average Bonchev–Trinajstić information content (AvgIpc) is 2.79. The maximum absolute atomic E-state index is 12.1. The summed E-state index contributed by atoms with van der Waals surface area (Å²) in [7, 11) is 1.52. The van der Waals surface area contributed by atoms with E-state index in [1.807, 2.05) is 36.4 Å². The Bertz CT molecular complexity index is 1090. The van der Waals surface area contributed by atoms with Crippen molar-refractivity contribution in [2.45, 2.75) is 6.61 Å². The third kappa shape index (κ3) is 6.68. The summed E-state index contributed by atoms with van der Waals surface area (Å²) in [4.78, 5) is 24.1. The second-order valence-corrected chi connectivity index (χ2v) is 7.26. The van der Waals surface area contributed by atoms with Gasteiger partial charge in [-0.25, -0.2) is 5.43 Å². The van der Waals surface area contributed by atoms with Crippen molar-refractivity contribution in [2.24, 2.45) is 5.10 Å². The minimum Gasteiger partial charge on any atom is -0.497 e. The molecule has 8 heteroatoms. The minimum atomic E-state index is -0.902. The van der Waals surface area contributed by atoms with Crippen LogP contribution in [0.15, 0.2) is 82.4 Å². The lowest BCUT2D eigenvalue weighted by Gasteiger charge is -2.10. The monoisotopic (exact) mass is 481 g/mol. The second kappa shape index (κ2) is 10.9. The Hall–Kier alpha value is -3.65. The number of methoxy groups -OCH3 is 1. The Labute approximate surface area is 188 Å². The summed E-state index contributed by atoms with van der Waals surface area (Å²) >= 11 is 3.41. The molecule has 7 nitrogen and oxygen atoms in total. The molecule has 3 aromatic rings. The molecule has 31 heavy (non-hydrogen) atoms. The van der Waals surface area contributed by atoms with Crippen LogP contribution >= 0.6 is 15.9 Å². The maximum atomic E-state index is 12.1. The summed E-state index contributed by atoms with van der Waals surface area (Å²) in [5.41, 5.74) is 4.32. The van der Waals surface area contributed by atoms with Gasteiger partial charge in [-0.3, -0.25) is 9.59 Å². The smallest absolute Gasteiger partial charge is 0.329 e. The van der Waals surface area contributed by atoms with Crippen LogP contribution in [0.4, 0.5) is 5.69 Å². The van der Waals surface area contributed by atoms with Crippen molar-refractivity contribution < 1.29 is 19.1 Å². The van der Waals surface area contributed by atoms with Gasteiger partial charge in [-0.15, -0.1) is 0 Å². The summed E-state index contributed by atoms with van der Waals surface area (Å²) in [5.74, 6) is -0.596. The van der Waals surface area contributed by atoms with Gasteiger partial charge in [0.2, 0.25) is 0 Å². The lowest BCUT2D eigenvalue weighted by Crippen LogP contribution is -2.32. The Morgan fingerprint density at radius 2 is 1.81 bits per heavy atom. The van der Waals surface area contributed by atoms with E-state index in [9.17, 15) is 9.59 Å². The van der Waals surface area contributed by atoms with Crippen LogP contribution in [0.25, 0.3) is 0 Å². The van der Waals surface area contributed by atoms with Crippen molar-refractivity contribution in [3.63, 3.8) is 0 Å². The highest BCUT2D eigenvalue weighted by Gasteiger charge is 2.13. The van der Waals surface area contributed by atoms with E-state index in [1.165, 1.54) is 13.3 Å². The molecule has 0 aliphatic heterocycles. The highest BCUT2D eigenvalue weighted by molar-refractivity contribution is 9.10. The summed E-state index contributed by atoms with van der Waals surface area (Å²) in [6, 6.07) is 21.9. The van der Waals surface area contributed by atoms with E-state index in [4.69, 9.17) is 9.47 Å². The first-order valence-corrected chi connectivity index (χ1v) is 10.1. The average molecular weight is 482 g/mol. The fourth-order valence-corrected chi connectivity index (χ4v) is 2.97. The Morgan fingerprint density at radius 3 is 2.58 bits per heavy atom. The van der Waals surface area contributed by atoms with Gasteiger partial charge < -0.3 is 14.8 Å². The van der Waals surface area contributed by atoms with Gasteiger partial charge in [0.25, 0.3) is 0 Å². The van der Waals surface area contributed by atoms with Gasteiger partial charge >= 0.3 is 11.8 Å². The zero-order valence-corrected chi connectivity index (χ0v) is 18.3. The number of nitrogens with zero attached hydrogens (tertiary/aromatic N) is 1. The SMILES string of the molecule is COc1cccc(NC(=O)C(=O)N/N=C\c2cc(Br)ccc2OCc2ccccc2)c1. The molecule has 2 N–H and O–H groups in total. The molecule has 0 bridgehead atoms. The molecule has 0 unspecified atom stereocenters. The molecule has 2 amide bonds. The quantitative estimate of drug-likeness (QED) is 0.301. The number of amides is 2. The third-order valence-corrected chi connectivity index (χ3v) is 4.61. The fraction of sp³-hybridized carbons (Fsp3) is 0.0870. The first-order valence-electron chi connectivity index (χ1n) is 9.30. The standard InChI is InChI=1S/C23H20BrN3O4/c1-30-20-9-5-8-19(13-20)26-22(28)23(29)27-25-14-17-12-18(24)10-11-21(17)31-15-16-6-3-2-4-7-16/h2-14H,15H2,1H3,(H,26,28)(H,27,29)/b25-14-. The molecular weight excluding hydrogens is 462 g/mol. The molecule has 0 atom stereocenters. The largest absolute Gasteiger partial charge is 0.497 e. The molecule has 0 fully saturated rings. The molecule has 0 heterocycles. The van der Waals surface area contributed by atoms with Crippen LogP contribution < -0.4 is 20.2 Å². The van der Waals surface area contributed by atoms with E-state index in [0.29, 0.717) is 29.4 Å². The summed E-state index contributed by atoms with van der Waals surface area (Å²) < 4.78 is 11.8. The number of anilines is 1. The number of nitrogens with one attached hydrogen (secondary N) is 2. The van der Waals surface area contributed by atoms with Crippen LogP contribution in [-0.4, -0.2) is 25.1 Å². The van der Waals surface area contributed by atoms with Gasteiger partial charge in [0.1, 0.15) is 18.1 Å². The van der Waals surface area contributed by atoms with Crippen molar-refractivity contribution in [1.29, 1.82) is 0 Å². The molecular formula is C23H20BrN3O4. The lowest BCUT2D eigenvalue weighted by atomic mass is 10.2. The summed E-state index contributed by atoms with van der Waals surface area (Å²) in [5, 5.41) is 6.37. The minimum absolute atomic E-state index is 0.388. The molecule has 0 aliphatic carbocycles. The topological polar surface area (TPSA) is 89.0 Å². The first-order chi connectivity index (χ1) is 15.0. The number of carbonyl (C=O) groups excluding carboxylic acids is 2. The predicted molar refractivity (Wildman–Crippen MR) is 122 cm³/mol. The van der Waals surface area contributed by atoms with Crippen molar-refractivity contribution in [1.82, 2.24) is 5.43 Å². The number of hydrazone groups is 1. The summed E-state index contributed by atoms with van der Waals surface area (Å²) in [6.07, 6.45) is 1.42. The highest BCUT2D eigenvalue weighted by atomic mass is 79.9. The van der Waals surface area contributed by atoms with E-state index in [1.54, 1.807) is 36.4 Å². The molecule has 3 rings (SSSR count). The first kappa shape index (κ1) is 22.0. The van der Waals surface area contributed by atoms with Gasteiger partial charge in [-0.2, -0.15) is 5.10 Å². The normalized spacial score (nSPS) is 10.5. The predicted octanol–water partition coefficient (Wildman–Crippen LogP) is 4.13. The van der Waals surface area contributed by atoms with Crippen LogP contribution in [0, 0.1) is 0 Å². The van der Waals surface area contributed by atoms with Gasteiger partial charge in [0.05, 0.1) is 13.3 Å². The number of benzene rings is 3. The molecule has 0 spiro atoms. The van der Waals surface area contributed by atoms with Gasteiger partial charge in [0.15, 0.2) is 0 Å². The van der Waals surface area contributed by atoms with Crippen molar-refractivity contribution in [3.05, 3.63) is 88.4 Å². The van der Waals surface area contributed by atoms with E-state index in [2.05, 4.69) is 31.8 Å². The maximum Gasteiger partial charge on any atom is 0.329 e. The van der Waals surface area contributed by atoms with Crippen LogP contribution in [0.1, 0.15) is 11.1 Å². The second-order valence-electron chi connectivity index (χ2n) is 6.34. The highest BCUT2D eigenvalue weighted by Crippen LogP contribution is 2.23. The Kier molecular flexibility index (Phi) is 7.78. The zero-order valence-electron chi connectivity index (χ0n) is 16.7. The van der Waals surface area contributed by atoms with Gasteiger partial charge in [0, 0.05) is 21.8 Å². The molecule has 158 valence electrons. The third-order valence-electron chi connectivity index (χ3n) is 4.11. The van der Waals surface area contributed by atoms with Crippen molar-refractivity contribution in [2.75, 3.05) is 12.4 Å². The fourth-order valence-electron chi connectivity index (χ4n) is 2.59. The number of carbonyl (C=O) groups is 2. The van der Waals surface area contributed by atoms with Gasteiger partial charge in [-0.05, 0) is 35.9 Å². The molecule has 0 aliphatic rings. The van der Waals surface area contributed by atoms with E-state index in [0.717, 1.165) is 10.0 Å². The molecule has 0 saturated carbocycles. The Morgan fingerprint density at radius 1 is 1.00 bits per heavy atom. The number of halogens is 1. The molecule has 0 radical (unpaired) electrons. The number of ether oxygens (including phenoxy) is 2. The molecule has 0 aromatic heterocycles.